The zero-order valence-electron chi connectivity index (χ0n) is 17.1. The van der Waals surface area contributed by atoms with Crippen LogP contribution in [0.4, 0.5) is 0 Å². The Morgan fingerprint density at radius 2 is 1.86 bits per heavy atom. The van der Waals surface area contributed by atoms with Crippen LogP contribution in [0.2, 0.25) is 0 Å². The second-order valence-corrected chi connectivity index (χ2v) is 10.5. The number of rotatable bonds is 8. The van der Waals surface area contributed by atoms with Gasteiger partial charge in [-0.2, -0.15) is 0 Å². The van der Waals surface area contributed by atoms with Crippen molar-refractivity contribution in [2.45, 2.75) is 62.7 Å². The molecule has 2 fully saturated rings. The van der Waals surface area contributed by atoms with Gasteiger partial charge in [-0.3, -0.25) is 9.59 Å². The summed E-state index contributed by atoms with van der Waals surface area (Å²) in [7, 11) is -2.02. The smallest absolute Gasteiger partial charge is 0.239 e. The standard InChI is InChI=1S/C20H33N3O5S/c1-28-14-20(10-4-5-11-20)19(25)23-16(15-7-2-3-8-15)13-21-18(24)17-9-6-12-22-29(17,26)27/h4-5,15-17,22H,2-3,6-14H2,1H3,(H,21,24)(H,23,25). The summed E-state index contributed by atoms with van der Waals surface area (Å²) in [5, 5.41) is 4.91. The van der Waals surface area contributed by atoms with Gasteiger partial charge in [0.15, 0.2) is 5.25 Å². The Morgan fingerprint density at radius 1 is 1.17 bits per heavy atom. The Morgan fingerprint density at radius 3 is 2.48 bits per heavy atom. The number of nitrogens with one attached hydrogen (secondary N) is 3. The van der Waals surface area contributed by atoms with Crippen molar-refractivity contribution in [3.05, 3.63) is 12.2 Å². The average molecular weight is 428 g/mol. The first-order valence-corrected chi connectivity index (χ1v) is 12.1. The maximum absolute atomic E-state index is 13.1. The number of hydrogen-bond donors (Lipinski definition) is 3. The lowest BCUT2D eigenvalue weighted by atomic mass is 9.84. The fraction of sp³-hybridized carbons (Fsp3) is 0.800. The molecular weight excluding hydrogens is 394 g/mol. The molecular formula is C20H33N3O5S. The molecule has 0 bridgehead atoms. The molecule has 3 N–H and O–H groups in total. The number of hydrogen-bond acceptors (Lipinski definition) is 5. The quantitative estimate of drug-likeness (QED) is 0.497. The van der Waals surface area contributed by atoms with Crippen LogP contribution in [0, 0.1) is 11.3 Å². The molecule has 1 aliphatic heterocycles. The fourth-order valence-corrected chi connectivity index (χ4v) is 6.19. The molecule has 3 rings (SSSR count). The van der Waals surface area contributed by atoms with E-state index in [1.54, 1.807) is 7.11 Å². The number of carbonyl (C=O) groups is 2. The van der Waals surface area contributed by atoms with E-state index in [9.17, 15) is 18.0 Å². The molecule has 1 saturated carbocycles. The number of amides is 2. The first-order valence-electron chi connectivity index (χ1n) is 10.6. The number of carbonyl (C=O) groups excluding carboxylic acids is 2. The highest BCUT2D eigenvalue weighted by Gasteiger charge is 2.41. The summed E-state index contributed by atoms with van der Waals surface area (Å²) in [6.45, 7) is 0.974. The van der Waals surface area contributed by atoms with Crippen LogP contribution in [-0.4, -0.2) is 58.3 Å². The third kappa shape index (κ3) is 5.19. The molecule has 3 aliphatic rings. The Hall–Kier alpha value is -1.45. The van der Waals surface area contributed by atoms with Crippen molar-refractivity contribution >= 4 is 21.8 Å². The molecule has 1 saturated heterocycles. The Labute approximate surface area is 173 Å². The van der Waals surface area contributed by atoms with E-state index >= 15 is 0 Å². The Kier molecular flexibility index (Phi) is 7.34. The van der Waals surface area contributed by atoms with Crippen molar-refractivity contribution in [3.8, 4) is 0 Å². The van der Waals surface area contributed by atoms with Crippen molar-refractivity contribution in [1.82, 2.24) is 15.4 Å². The Bertz CT molecular complexity index is 722. The molecule has 2 unspecified atom stereocenters. The molecule has 2 atom stereocenters. The monoisotopic (exact) mass is 427 g/mol. The topological polar surface area (TPSA) is 114 Å². The van der Waals surface area contributed by atoms with Gasteiger partial charge in [0.05, 0.1) is 12.0 Å². The molecule has 0 aromatic rings. The highest BCUT2D eigenvalue weighted by atomic mass is 32.2. The fourth-order valence-electron chi connectivity index (χ4n) is 4.72. The number of ether oxygens (including phenoxy) is 1. The SMILES string of the molecule is COCC1(C(=O)NC(CNC(=O)C2CCCNS2(=O)=O)C2CCCC2)CC=CC1. The maximum Gasteiger partial charge on any atom is 0.239 e. The van der Waals surface area contributed by atoms with Crippen LogP contribution in [0.5, 0.6) is 0 Å². The third-order valence-corrected chi connectivity index (χ3v) is 8.29. The van der Waals surface area contributed by atoms with Crippen LogP contribution in [0.3, 0.4) is 0 Å². The average Bonchev–Trinajstić information content (AvgIpc) is 3.37. The minimum Gasteiger partial charge on any atom is -0.384 e. The van der Waals surface area contributed by atoms with Crippen LogP contribution < -0.4 is 15.4 Å². The summed E-state index contributed by atoms with van der Waals surface area (Å²) in [6, 6.07) is -0.206. The van der Waals surface area contributed by atoms with Crippen LogP contribution in [-0.2, 0) is 24.3 Å². The summed E-state index contributed by atoms with van der Waals surface area (Å²) in [5.41, 5.74) is -0.591. The minimum absolute atomic E-state index is 0.0533. The van der Waals surface area contributed by atoms with E-state index in [1.165, 1.54) is 0 Å². The molecule has 9 heteroatoms. The van der Waals surface area contributed by atoms with Gasteiger partial charge in [0.25, 0.3) is 0 Å². The van der Waals surface area contributed by atoms with Gasteiger partial charge >= 0.3 is 0 Å². The largest absolute Gasteiger partial charge is 0.384 e. The molecule has 1 heterocycles. The van der Waals surface area contributed by atoms with Crippen molar-refractivity contribution in [3.63, 3.8) is 0 Å². The zero-order valence-corrected chi connectivity index (χ0v) is 17.9. The first-order chi connectivity index (χ1) is 13.9. The first kappa shape index (κ1) is 22.2. The highest BCUT2D eigenvalue weighted by molar-refractivity contribution is 7.90. The lowest BCUT2D eigenvalue weighted by Gasteiger charge is -2.32. The predicted octanol–water partition coefficient (Wildman–Crippen LogP) is 0.842. The number of sulfonamides is 1. The van der Waals surface area contributed by atoms with E-state index < -0.39 is 26.6 Å². The molecule has 8 nitrogen and oxygen atoms in total. The summed E-state index contributed by atoms with van der Waals surface area (Å²) in [6.07, 6.45) is 10.5. The van der Waals surface area contributed by atoms with E-state index in [0.29, 0.717) is 38.8 Å². The van der Waals surface area contributed by atoms with Crippen LogP contribution >= 0.6 is 0 Å². The number of methoxy groups -OCH3 is 1. The van der Waals surface area contributed by atoms with Crippen molar-refractivity contribution in [2.75, 3.05) is 26.8 Å². The molecule has 0 aromatic heterocycles. The minimum atomic E-state index is -3.62. The lowest BCUT2D eigenvalue weighted by Crippen LogP contribution is -2.55. The van der Waals surface area contributed by atoms with Gasteiger partial charge in [-0.1, -0.05) is 25.0 Å². The van der Waals surface area contributed by atoms with Gasteiger partial charge in [-0.15, -0.1) is 0 Å². The van der Waals surface area contributed by atoms with Crippen LogP contribution in [0.25, 0.3) is 0 Å². The maximum atomic E-state index is 13.1. The van der Waals surface area contributed by atoms with Crippen molar-refractivity contribution < 1.29 is 22.7 Å². The predicted molar refractivity (Wildman–Crippen MR) is 110 cm³/mol. The van der Waals surface area contributed by atoms with E-state index in [0.717, 1.165) is 25.7 Å². The molecule has 0 radical (unpaired) electrons. The molecule has 164 valence electrons. The van der Waals surface area contributed by atoms with Gasteiger partial charge in [0.1, 0.15) is 0 Å². The van der Waals surface area contributed by atoms with Crippen molar-refractivity contribution in [1.29, 1.82) is 0 Å². The second-order valence-electron chi connectivity index (χ2n) is 8.53. The summed E-state index contributed by atoms with van der Waals surface area (Å²) < 4.78 is 32.0. The highest BCUT2D eigenvalue weighted by Crippen LogP contribution is 2.35. The lowest BCUT2D eigenvalue weighted by molar-refractivity contribution is -0.135. The second kappa shape index (κ2) is 9.57. The van der Waals surface area contributed by atoms with E-state index in [4.69, 9.17) is 4.74 Å². The van der Waals surface area contributed by atoms with Gasteiger partial charge in [0, 0.05) is 26.2 Å². The van der Waals surface area contributed by atoms with Gasteiger partial charge < -0.3 is 15.4 Å². The zero-order chi connectivity index (χ0) is 20.9. The van der Waals surface area contributed by atoms with E-state index in [1.807, 2.05) is 12.2 Å². The normalized spacial score (nSPS) is 26.9. The summed E-state index contributed by atoms with van der Waals surface area (Å²) in [4.78, 5) is 25.7. The van der Waals surface area contributed by atoms with Gasteiger partial charge in [0.2, 0.25) is 21.8 Å². The molecule has 2 amide bonds. The number of allylic oxidation sites excluding steroid dienone is 2. The molecule has 0 spiro atoms. The van der Waals surface area contributed by atoms with Gasteiger partial charge in [-0.05, 0) is 44.4 Å². The molecule has 2 aliphatic carbocycles. The molecule has 0 aromatic carbocycles. The van der Waals surface area contributed by atoms with E-state index in [2.05, 4.69) is 15.4 Å². The van der Waals surface area contributed by atoms with E-state index in [-0.39, 0.29) is 24.4 Å². The van der Waals surface area contributed by atoms with Gasteiger partial charge in [-0.25, -0.2) is 13.1 Å². The summed E-state index contributed by atoms with van der Waals surface area (Å²) in [5.74, 6) is -0.250. The van der Waals surface area contributed by atoms with Crippen LogP contribution in [0.1, 0.15) is 51.4 Å². The van der Waals surface area contributed by atoms with Crippen molar-refractivity contribution in [2.24, 2.45) is 11.3 Å². The van der Waals surface area contributed by atoms with Crippen LogP contribution in [0.15, 0.2) is 12.2 Å². The summed E-state index contributed by atoms with van der Waals surface area (Å²) >= 11 is 0. The molecule has 29 heavy (non-hydrogen) atoms. The Balaban J connectivity index is 1.64. The third-order valence-electron chi connectivity index (χ3n) is 6.48.